The number of nitrogens with zero attached hydrogens (tertiary/aromatic N) is 5. The van der Waals surface area contributed by atoms with E-state index in [4.69, 9.17) is 4.52 Å². The van der Waals surface area contributed by atoms with Gasteiger partial charge in [-0.05, 0) is 6.92 Å². The number of piperazine rings is 1. The van der Waals surface area contributed by atoms with Crippen LogP contribution in [-0.4, -0.2) is 77.9 Å². The number of hydrogen-bond acceptors (Lipinski definition) is 5. The summed E-state index contributed by atoms with van der Waals surface area (Å²) < 4.78 is 43.7. The zero-order chi connectivity index (χ0) is 19.3. The van der Waals surface area contributed by atoms with Gasteiger partial charge in [0.2, 0.25) is 5.89 Å². The van der Waals surface area contributed by atoms with E-state index in [-0.39, 0.29) is 5.92 Å². The molecule has 1 aliphatic rings. The Morgan fingerprint density at radius 2 is 1.88 bits per heavy atom. The molecule has 1 aromatic heterocycles. The van der Waals surface area contributed by atoms with Gasteiger partial charge < -0.3 is 14.7 Å². The van der Waals surface area contributed by atoms with E-state index in [9.17, 15) is 13.2 Å². The van der Waals surface area contributed by atoms with Gasteiger partial charge in [0.15, 0.2) is 11.8 Å². The minimum atomic E-state index is -4.19. The van der Waals surface area contributed by atoms with Crippen molar-refractivity contribution in [2.75, 3.05) is 39.8 Å². The molecule has 0 saturated carbocycles. The highest BCUT2D eigenvalue weighted by molar-refractivity contribution is 5.80. The van der Waals surface area contributed by atoms with E-state index < -0.39 is 12.2 Å². The molecule has 7 nitrogen and oxygen atoms in total. The van der Waals surface area contributed by atoms with Crippen molar-refractivity contribution in [2.45, 2.75) is 45.3 Å². The normalized spacial score (nSPS) is 18.5. The molecular formula is C16H27F3N6O. The molecule has 0 radical (unpaired) electrons. The third kappa shape index (κ3) is 5.33. The number of alkyl halides is 3. The lowest BCUT2D eigenvalue weighted by atomic mass is 10.2. The van der Waals surface area contributed by atoms with Crippen molar-refractivity contribution >= 4 is 5.96 Å². The van der Waals surface area contributed by atoms with E-state index in [0.717, 1.165) is 0 Å². The SMILES string of the molecule is CN=C(NCCc1nc(C(C)C)no1)N1CCN(C(C)C(F)(F)F)CC1. The van der Waals surface area contributed by atoms with Crippen molar-refractivity contribution in [3.8, 4) is 0 Å². The first-order chi connectivity index (χ1) is 12.2. The maximum Gasteiger partial charge on any atom is 0.403 e. The van der Waals surface area contributed by atoms with Crippen molar-refractivity contribution in [2.24, 2.45) is 4.99 Å². The van der Waals surface area contributed by atoms with E-state index in [0.29, 0.717) is 56.8 Å². The molecule has 0 amide bonds. The highest BCUT2D eigenvalue weighted by Gasteiger charge is 2.41. The van der Waals surface area contributed by atoms with Crippen LogP contribution >= 0.6 is 0 Å². The van der Waals surface area contributed by atoms with Crippen LogP contribution in [0.1, 0.15) is 38.4 Å². The Morgan fingerprint density at radius 1 is 1.23 bits per heavy atom. The molecule has 0 aromatic carbocycles. The summed E-state index contributed by atoms with van der Waals surface area (Å²) in [4.78, 5) is 12.0. The molecule has 10 heteroatoms. The first-order valence-corrected chi connectivity index (χ1v) is 8.81. The van der Waals surface area contributed by atoms with E-state index >= 15 is 0 Å². The van der Waals surface area contributed by atoms with Crippen molar-refractivity contribution in [3.63, 3.8) is 0 Å². The molecule has 0 aliphatic carbocycles. The van der Waals surface area contributed by atoms with Gasteiger partial charge in [-0.25, -0.2) is 0 Å². The maximum atomic E-state index is 12.8. The van der Waals surface area contributed by atoms with Crippen LogP contribution in [0.4, 0.5) is 13.2 Å². The monoisotopic (exact) mass is 376 g/mol. The van der Waals surface area contributed by atoms with Gasteiger partial charge in [-0.3, -0.25) is 9.89 Å². The molecule has 1 unspecified atom stereocenters. The Morgan fingerprint density at radius 3 is 2.38 bits per heavy atom. The Labute approximate surface area is 151 Å². The Bertz CT molecular complexity index is 593. The van der Waals surface area contributed by atoms with Crippen LogP contribution in [-0.2, 0) is 6.42 Å². The van der Waals surface area contributed by atoms with Crippen LogP contribution in [0.15, 0.2) is 9.52 Å². The van der Waals surface area contributed by atoms with Crippen molar-refractivity contribution in [3.05, 3.63) is 11.7 Å². The zero-order valence-corrected chi connectivity index (χ0v) is 15.7. The predicted octanol–water partition coefficient (Wildman–Crippen LogP) is 1.88. The van der Waals surface area contributed by atoms with Gasteiger partial charge >= 0.3 is 6.18 Å². The lowest BCUT2D eigenvalue weighted by Crippen LogP contribution is -2.56. The van der Waals surface area contributed by atoms with Crippen LogP contribution in [0.3, 0.4) is 0 Å². The average Bonchev–Trinajstić information content (AvgIpc) is 3.07. The molecule has 2 heterocycles. The third-order valence-corrected chi connectivity index (χ3v) is 4.47. The molecule has 1 fully saturated rings. The number of hydrogen-bond donors (Lipinski definition) is 1. The number of guanidine groups is 1. The van der Waals surface area contributed by atoms with Crippen LogP contribution in [0, 0.1) is 0 Å². The lowest BCUT2D eigenvalue weighted by Gasteiger charge is -2.39. The van der Waals surface area contributed by atoms with Gasteiger partial charge in [0.25, 0.3) is 0 Å². The average molecular weight is 376 g/mol. The fraction of sp³-hybridized carbons (Fsp3) is 0.812. The van der Waals surface area contributed by atoms with Crippen LogP contribution < -0.4 is 5.32 Å². The Kier molecular flexibility index (Phi) is 6.85. The largest absolute Gasteiger partial charge is 0.403 e. The molecule has 1 saturated heterocycles. The van der Waals surface area contributed by atoms with Crippen LogP contribution in [0.25, 0.3) is 0 Å². The summed E-state index contributed by atoms with van der Waals surface area (Å²) in [7, 11) is 1.66. The summed E-state index contributed by atoms with van der Waals surface area (Å²) in [5.41, 5.74) is 0. The smallest absolute Gasteiger partial charge is 0.356 e. The summed E-state index contributed by atoms with van der Waals surface area (Å²) in [5, 5.41) is 7.12. The second-order valence-corrected chi connectivity index (χ2v) is 6.67. The molecule has 0 bridgehead atoms. The van der Waals surface area contributed by atoms with Gasteiger partial charge in [0.1, 0.15) is 6.04 Å². The number of nitrogens with one attached hydrogen (secondary N) is 1. The fourth-order valence-electron chi connectivity index (χ4n) is 2.75. The minimum absolute atomic E-state index is 0.212. The topological polar surface area (TPSA) is 69.8 Å². The maximum absolute atomic E-state index is 12.8. The summed E-state index contributed by atoms with van der Waals surface area (Å²) in [6.45, 7) is 7.45. The second kappa shape index (κ2) is 8.70. The Hall–Kier alpha value is -1.84. The summed E-state index contributed by atoms with van der Waals surface area (Å²) in [6, 6.07) is -1.42. The van der Waals surface area contributed by atoms with E-state index in [1.165, 1.54) is 11.8 Å². The minimum Gasteiger partial charge on any atom is -0.356 e. The first-order valence-electron chi connectivity index (χ1n) is 8.81. The quantitative estimate of drug-likeness (QED) is 0.625. The van der Waals surface area contributed by atoms with Crippen molar-refractivity contribution < 1.29 is 17.7 Å². The van der Waals surface area contributed by atoms with Crippen molar-refractivity contribution in [1.29, 1.82) is 0 Å². The van der Waals surface area contributed by atoms with Crippen molar-refractivity contribution in [1.82, 2.24) is 25.3 Å². The molecule has 1 aliphatic heterocycles. The summed E-state index contributed by atoms with van der Waals surface area (Å²) >= 11 is 0. The standard InChI is InChI=1S/C16H27F3N6O/c1-11(2)14-22-13(26-23-14)5-6-21-15(20-4)25-9-7-24(8-10-25)12(3)16(17,18)19/h11-12H,5-10H2,1-4H3,(H,20,21). The summed E-state index contributed by atoms with van der Waals surface area (Å²) in [5.74, 6) is 2.12. The highest BCUT2D eigenvalue weighted by atomic mass is 19.4. The highest BCUT2D eigenvalue weighted by Crippen LogP contribution is 2.25. The van der Waals surface area contributed by atoms with E-state index in [1.807, 2.05) is 18.7 Å². The summed E-state index contributed by atoms with van der Waals surface area (Å²) in [6.07, 6.45) is -3.63. The molecule has 0 spiro atoms. The zero-order valence-electron chi connectivity index (χ0n) is 15.7. The van der Waals surface area contributed by atoms with Gasteiger partial charge in [0.05, 0.1) is 0 Å². The van der Waals surface area contributed by atoms with E-state index in [2.05, 4.69) is 20.4 Å². The second-order valence-electron chi connectivity index (χ2n) is 6.67. The van der Waals surface area contributed by atoms with E-state index in [1.54, 1.807) is 7.05 Å². The van der Waals surface area contributed by atoms with Crippen LogP contribution in [0.2, 0.25) is 0 Å². The third-order valence-electron chi connectivity index (χ3n) is 4.47. The van der Waals surface area contributed by atoms with Gasteiger partial charge in [0, 0.05) is 52.1 Å². The number of aliphatic imine (C=N–C) groups is 1. The van der Waals surface area contributed by atoms with Crippen LogP contribution in [0.5, 0.6) is 0 Å². The Balaban J connectivity index is 1.79. The number of rotatable bonds is 5. The van der Waals surface area contributed by atoms with Gasteiger partial charge in [-0.15, -0.1) is 0 Å². The molecule has 26 heavy (non-hydrogen) atoms. The fourth-order valence-corrected chi connectivity index (χ4v) is 2.75. The predicted molar refractivity (Wildman–Crippen MR) is 92.1 cm³/mol. The lowest BCUT2D eigenvalue weighted by molar-refractivity contribution is -0.181. The van der Waals surface area contributed by atoms with Gasteiger partial charge in [-0.1, -0.05) is 19.0 Å². The number of halogens is 3. The molecule has 1 atom stereocenters. The van der Waals surface area contributed by atoms with Gasteiger partial charge in [-0.2, -0.15) is 18.2 Å². The molecule has 148 valence electrons. The molecule has 2 rings (SSSR count). The first kappa shape index (κ1) is 20.5. The molecular weight excluding hydrogens is 349 g/mol. The molecule has 1 aromatic rings. The molecule has 1 N–H and O–H groups in total. The number of aromatic nitrogens is 2.